The number of fused-ring (bicyclic) bond motifs is 3. The first-order valence-corrected chi connectivity index (χ1v) is 15.0. The highest BCUT2D eigenvalue weighted by Gasteiger charge is 2.19. The van der Waals surface area contributed by atoms with Gasteiger partial charge in [0.15, 0.2) is 22.5 Å². The Kier molecular flexibility index (Phi) is 11.6. The van der Waals surface area contributed by atoms with Gasteiger partial charge in [-0.2, -0.15) is 0 Å². The Labute approximate surface area is 242 Å². The molecule has 0 atom stereocenters. The summed E-state index contributed by atoms with van der Waals surface area (Å²) in [6, 6.07) is 10.6. The lowest BCUT2D eigenvalue weighted by atomic mass is 10.0. The number of furan rings is 1. The summed E-state index contributed by atoms with van der Waals surface area (Å²) in [6.07, 6.45) is 15.4. The van der Waals surface area contributed by atoms with Crippen molar-refractivity contribution in [2.75, 3.05) is 27.9 Å². The fourth-order valence-electron chi connectivity index (χ4n) is 5.45. The number of hydrogen-bond acceptors (Lipinski definition) is 7. The van der Waals surface area contributed by atoms with Crippen LogP contribution in [0.25, 0.3) is 33.3 Å². The smallest absolute Gasteiger partial charge is 0.197 e. The van der Waals surface area contributed by atoms with E-state index in [1.165, 1.54) is 57.4 Å². The second-order valence-corrected chi connectivity index (χ2v) is 10.7. The maximum atomic E-state index is 13.3. The lowest BCUT2D eigenvalue weighted by Crippen LogP contribution is -2.01. The Balaban J connectivity index is 1.37. The molecule has 7 heteroatoms. The van der Waals surface area contributed by atoms with Crippen molar-refractivity contribution in [3.8, 4) is 28.6 Å². The van der Waals surface area contributed by atoms with Gasteiger partial charge < -0.3 is 28.2 Å². The number of rotatable bonds is 18. The van der Waals surface area contributed by atoms with Crippen molar-refractivity contribution < 1.29 is 28.2 Å². The summed E-state index contributed by atoms with van der Waals surface area (Å²) >= 11 is 0. The van der Waals surface area contributed by atoms with E-state index < -0.39 is 0 Å². The minimum absolute atomic E-state index is 0.172. The number of unbranched alkanes of at least 4 members (excludes halogenated alkanes) is 11. The minimum Gasteiger partial charge on any atom is -0.496 e. The highest BCUT2D eigenvalue weighted by molar-refractivity contribution is 6.05. The summed E-state index contributed by atoms with van der Waals surface area (Å²) in [4.78, 5) is 13.3. The number of ether oxygens (including phenoxy) is 3. The Morgan fingerprint density at radius 3 is 1.88 bits per heavy atom. The first kappa shape index (κ1) is 30.5. The van der Waals surface area contributed by atoms with Crippen molar-refractivity contribution >= 4 is 21.9 Å². The van der Waals surface area contributed by atoms with E-state index in [9.17, 15) is 4.79 Å². The van der Waals surface area contributed by atoms with Gasteiger partial charge in [0.25, 0.3) is 0 Å². The number of methoxy groups -OCH3 is 3. The van der Waals surface area contributed by atoms with Gasteiger partial charge in [-0.05, 0) is 37.1 Å². The van der Waals surface area contributed by atoms with Gasteiger partial charge in [0, 0.05) is 30.7 Å². The van der Waals surface area contributed by atoms with Gasteiger partial charge in [-0.25, -0.2) is 0 Å². The maximum Gasteiger partial charge on any atom is 0.197 e. The average Bonchev–Trinajstić information content (AvgIpc) is 3.42. The molecule has 222 valence electrons. The monoisotopic (exact) mass is 564 g/mol. The molecule has 41 heavy (non-hydrogen) atoms. The number of hydrogen-bond donors (Lipinski definition) is 1. The fourth-order valence-corrected chi connectivity index (χ4v) is 5.45. The highest BCUT2D eigenvalue weighted by atomic mass is 16.5. The zero-order valence-electron chi connectivity index (χ0n) is 24.8. The summed E-state index contributed by atoms with van der Waals surface area (Å²) in [5.74, 6) is 3.05. The van der Waals surface area contributed by atoms with Gasteiger partial charge in [0.2, 0.25) is 0 Å². The van der Waals surface area contributed by atoms with E-state index in [0.717, 1.165) is 43.3 Å². The maximum absolute atomic E-state index is 13.3. The Morgan fingerprint density at radius 1 is 0.659 bits per heavy atom. The molecule has 4 aromatic rings. The van der Waals surface area contributed by atoms with Gasteiger partial charge in [0.1, 0.15) is 28.2 Å². The van der Waals surface area contributed by atoms with Crippen LogP contribution < -0.4 is 19.6 Å². The number of benzene rings is 2. The number of aliphatic hydroxyl groups is 1. The number of aliphatic hydroxyl groups excluding tert-OH is 1. The van der Waals surface area contributed by atoms with Crippen LogP contribution >= 0.6 is 0 Å². The summed E-state index contributed by atoms with van der Waals surface area (Å²) in [5.41, 5.74) is 1.46. The molecule has 0 unspecified atom stereocenters. The highest BCUT2D eigenvalue weighted by Crippen LogP contribution is 2.37. The fraction of sp³-hybridized carbons (Fsp3) is 0.500. The summed E-state index contributed by atoms with van der Waals surface area (Å²) in [6.45, 7) is 0.322. The first-order chi connectivity index (χ1) is 20.1. The van der Waals surface area contributed by atoms with Crippen LogP contribution in [0.4, 0.5) is 0 Å². The summed E-state index contributed by atoms with van der Waals surface area (Å²) < 4.78 is 28.8. The van der Waals surface area contributed by atoms with E-state index in [2.05, 4.69) is 0 Å². The van der Waals surface area contributed by atoms with Crippen LogP contribution in [0.15, 0.2) is 50.0 Å². The Morgan fingerprint density at radius 2 is 1.27 bits per heavy atom. The van der Waals surface area contributed by atoms with Crippen LogP contribution in [0.2, 0.25) is 0 Å². The molecule has 0 fully saturated rings. The topological polar surface area (TPSA) is 91.3 Å². The molecular formula is C34H44O7. The Bertz CT molecular complexity index is 1450. The molecule has 1 N–H and O–H groups in total. The lowest BCUT2D eigenvalue weighted by Gasteiger charge is -2.10. The van der Waals surface area contributed by atoms with Crippen LogP contribution in [0.3, 0.4) is 0 Å². The second kappa shape index (κ2) is 15.5. The van der Waals surface area contributed by atoms with Gasteiger partial charge in [-0.15, -0.1) is 0 Å². The molecule has 0 bridgehead atoms. The second-order valence-electron chi connectivity index (χ2n) is 10.7. The lowest BCUT2D eigenvalue weighted by molar-refractivity contribution is 0.282. The standard InChI is InChI=1S/C34H44O7/c1-37-28-18-17-24(20-31(28)39-3)29-22-27(36)33-32(41-29)23-30(38-2)26-21-25(40-34(26)33)16-14-12-10-8-6-4-5-7-9-11-13-15-19-35/h17-18,20-23,35H,4-16,19H2,1-3H3. The van der Waals surface area contributed by atoms with Crippen molar-refractivity contribution in [1.82, 2.24) is 0 Å². The molecule has 0 aliphatic carbocycles. The Hall–Kier alpha value is -3.45. The van der Waals surface area contributed by atoms with E-state index in [-0.39, 0.29) is 5.43 Å². The van der Waals surface area contributed by atoms with Gasteiger partial charge >= 0.3 is 0 Å². The van der Waals surface area contributed by atoms with E-state index in [0.29, 0.717) is 51.7 Å². The normalized spacial score (nSPS) is 11.4. The third kappa shape index (κ3) is 7.85. The van der Waals surface area contributed by atoms with E-state index >= 15 is 0 Å². The van der Waals surface area contributed by atoms with E-state index in [1.807, 2.05) is 12.1 Å². The van der Waals surface area contributed by atoms with Crippen molar-refractivity contribution in [3.05, 3.63) is 52.4 Å². The minimum atomic E-state index is -0.172. The molecule has 0 saturated carbocycles. The van der Waals surface area contributed by atoms with E-state index in [1.54, 1.807) is 39.5 Å². The third-order valence-electron chi connectivity index (χ3n) is 7.73. The predicted molar refractivity (Wildman–Crippen MR) is 164 cm³/mol. The van der Waals surface area contributed by atoms with Crippen LogP contribution in [0, 0.1) is 0 Å². The van der Waals surface area contributed by atoms with E-state index in [4.69, 9.17) is 28.2 Å². The van der Waals surface area contributed by atoms with Gasteiger partial charge in [0.05, 0.1) is 26.7 Å². The van der Waals surface area contributed by atoms with Crippen LogP contribution in [-0.2, 0) is 6.42 Å². The van der Waals surface area contributed by atoms with Crippen LogP contribution in [-0.4, -0.2) is 33.0 Å². The van der Waals surface area contributed by atoms with Gasteiger partial charge in [-0.1, -0.05) is 64.2 Å². The first-order valence-electron chi connectivity index (χ1n) is 15.0. The van der Waals surface area contributed by atoms with Crippen LogP contribution in [0.5, 0.6) is 17.2 Å². The molecule has 0 aliphatic rings. The molecule has 0 spiro atoms. The predicted octanol–water partition coefficient (Wildman–Crippen LogP) is 8.45. The third-order valence-corrected chi connectivity index (χ3v) is 7.73. The summed E-state index contributed by atoms with van der Waals surface area (Å²) in [7, 11) is 4.76. The van der Waals surface area contributed by atoms with Crippen LogP contribution in [0.1, 0.15) is 82.8 Å². The number of aryl methyl sites for hydroxylation is 1. The molecular weight excluding hydrogens is 520 g/mol. The average molecular weight is 565 g/mol. The van der Waals surface area contributed by atoms with Crippen molar-refractivity contribution in [1.29, 1.82) is 0 Å². The molecule has 0 saturated heterocycles. The zero-order valence-corrected chi connectivity index (χ0v) is 24.8. The van der Waals surface area contributed by atoms with Crippen molar-refractivity contribution in [3.63, 3.8) is 0 Å². The molecule has 0 radical (unpaired) electrons. The molecule has 4 rings (SSSR count). The molecule has 7 nitrogen and oxygen atoms in total. The van der Waals surface area contributed by atoms with Crippen molar-refractivity contribution in [2.45, 2.75) is 83.5 Å². The molecule has 2 aromatic heterocycles. The van der Waals surface area contributed by atoms with Crippen molar-refractivity contribution in [2.24, 2.45) is 0 Å². The summed E-state index contributed by atoms with van der Waals surface area (Å²) in [5, 5.41) is 10.0. The van der Waals surface area contributed by atoms with Gasteiger partial charge in [-0.3, -0.25) is 4.79 Å². The molecule has 0 aliphatic heterocycles. The zero-order chi connectivity index (χ0) is 29.0. The molecule has 2 aromatic carbocycles. The molecule has 2 heterocycles. The largest absolute Gasteiger partial charge is 0.496 e. The quantitative estimate of drug-likeness (QED) is 0.121. The molecule has 0 amide bonds. The SMILES string of the molecule is COc1ccc(-c2cc(=O)c3c(cc(OC)c4cc(CCCCCCCCCCCCCCO)oc43)o2)cc1OC.